The first-order chi connectivity index (χ1) is 10.7. The fraction of sp³-hybridized carbons (Fsp3) is 0.417. The molecular formula is C12H12F3N3O5. The van der Waals surface area contributed by atoms with Gasteiger partial charge in [-0.15, -0.1) is 0 Å². The highest BCUT2D eigenvalue weighted by Gasteiger charge is 2.44. The van der Waals surface area contributed by atoms with Gasteiger partial charge in [-0.2, -0.15) is 13.2 Å². The van der Waals surface area contributed by atoms with Gasteiger partial charge < -0.3 is 19.8 Å². The van der Waals surface area contributed by atoms with Gasteiger partial charge in [0.25, 0.3) is 5.91 Å². The number of carbonyl (C=O) groups is 2. The van der Waals surface area contributed by atoms with E-state index in [-0.39, 0.29) is 0 Å². The van der Waals surface area contributed by atoms with Crippen molar-refractivity contribution >= 4 is 12.1 Å². The molecule has 8 nitrogen and oxygen atoms in total. The normalized spacial score (nSPS) is 15.5. The molecule has 1 aromatic heterocycles. The van der Waals surface area contributed by atoms with Gasteiger partial charge in [0.15, 0.2) is 5.69 Å². The summed E-state index contributed by atoms with van der Waals surface area (Å²) in [7, 11) is 0.980. The smallest absolute Gasteiger partial charge is 0.437 e. The maximum Gasteiger partial charge on any atom is 0.513 e. The fourth-order valence-corrected chi connectivity index (χ4v) is 1.92. The summed E-state index contributed by atoms with van der Waals surface area (Å²) in [5.74, 6) is -1.82. The van der Waals surface area contributed by atoms with Crippen LogP contribution in [0, 0.1) is 0 Å². The first-order valence-corrected chi connectivity index (χ1v) is 6.29. The Morgan fingerprint density at radius 2 is 2.04 bits per heavy atom. The van der Waals surface area contributed by atoms with Crippen LogP contribution in [0.5, 0.6) is 5.75 Å². The third kappa shape index (κ3) is 3.07. The number of nitrogens with zero attached hydrogens (tertiary/aromatic N) is 2. The number of pyridine rings is 1. The number of aromatic nitrogens is 1. The number of rotatable bonds is 2. The van der Waals surface area contributed by atoms with Gasteiger partial charge in [0, 0.05) is 12.3 Å². The van der Waals surface area contributed by atoms with Gasteiger partial charge >= 0.3 is 12.3 Å². The number of fused-ring (bicyclic) bond motifs is 1. The van der Waals surface area contributed by atoms with Crippen LogP contribution in [-0.4, -0.2) is 47.6 Å². The molecule has 1 aliphatic rings. The number of amides is 1. The molecule has 0 bridgehead atoms. The zero-order chi connectivity index (χ0) is 17.4. The minimum absolute atomic E-state index is 0.437. The Hall–Kier alpha value is -2.72. The van der Waals surface area contributed by atoms with Gasteiger partial charge in [-0.05, 0) is 6.92 Å². The Bertz CT molecular complexity index is 700. The summed E-state index contributed by atoms with van der Waals surface area (Å²) in [6, 6.07) is -1.11. The average Bonchev–Trinajstić information content (AvgIpc) is 2.48. The van der Waals surface area contributed by atoms with Crippen molar-refractivity contribution in [1.82, 2.24) is 9.58 Å². The van der Waals surface area contributed by atoms with Crippen LogP contribution in [0.2, 0.25) is 0 Å². The second-order valence-corrected chi connectivity index (χ2v) is 4.59. The summed E-state index contributed by atoms with van der Waals surface area (Å²) < 4.78 is 48.4. The Balaban J connectivity index is 2.48. The first kappa shape index (κ1) is 16.6. The Morgan fingerprint density at radius 1 is 1.39 bits per heavy atom. The number of ether oxygens (including phenoxy) is 2. The minimum Gasteiger partial charge on any atom is -0.437 e. The van der Waals surface area contributed by atoms with Crippen molar-refractivity contribution in [3.8, 4) is 5.75 Å². The highest BCUT2D eigenvalue weighted by atomic mass is 19.4. The molecule has 1 aromatic rings. The maximum absolute atomic E-state index is 12.8. The molecule has 1 amide bonds. The van der Waals surface area contributed by atoms with Crippen molar-refractivity contribution < 1.29 is 32.2 Å². The molecule has 0 fully saturated rings. The van der Waals surface area contributed by atoms with Crippen molar-refractivity contribution in [2.75, 3.05) is 19.2 Å². The number of methoxy groups -OCH3 is 1. The lowest BCUT2D eigenvalue weighted by atomic mass is 10.2. The first-order valence-electron chi connectivity index (χ1n) is 6.29. The van der Waals surface area contributed by atoms with Gasteiger partial charge in [-0.3, -0.25) is 14.3 Å². The second kappa shape index (κ2) is 5.82. The van der Waals surface area contributed by atoms with Gasteiger partial charge in [0.05, 0.1) is 7.11 Å². The molecule has 0 radical (unpaired) electrons. The van der Waals surface area contributed by atoms with Gasteiger partial charge in [0.1, 0.15) is 12.7 Å². The lowest BCUT2D eigenvalue weighted by Gasteiger charge is -2.36. The highest BCUT2D eigenvalue weighted by molar-refractivity contribution is 5.97. The molecule has 1 atom stereocenters. The topological polar surface area (TPSA) is 89.9 Å². The van der Waals surface area contributed by atoms with Crippen LogP contribution >= 0.6 is 0 Å². The molecule has 23 heavy (non-hydrogen) atoms. The van der Waals surface area contributed by atoms with E-state index in [1.165, 1.54) is 0 Å². The molecule has 0 spiro atoms. The molecular weight excluding hydrogens is 323 g/mol. The zero-order valence-electron chi connectivity index (χ0n) is 12.0. The summed E-state index contributed by atoms with van der Waals surface area (Å²) in [6.45, 7) is 0.365. The third-order valence-electron chi connectivity index (χ3n) is 3.22. The monoisotopic (exact) mass is 335 g/mol. The standard InChI is InChI=1S/C12H12F3N3O5/c1-6(12(13,14)15)17-5-16-18-4-3-7(19)9(8(18)10(17)20)23-11(21)22-2/h3-4,6,16H,5H2,1-2H3/t6-/m1/s1. The van der Waals surface area contributed by atoms with Gasteiger partial charge in [-0.25, -0.2) is 4.79 Å². The molecule has 1 N–H and O–H groups in total. The molecule has 0 saturated heterocycles. The highest BCUT2D eigenvalue weighted by Crippen LogP contribution is 2.28. The number of halogens is 3. The van der Waals surface area contributed by atoms with E-state index in [2.05, 4.69) is 14.9 Å². The van der Waals surface area contributed by atoms with Crippen LogP contribution in [-0.2, 0) is 4.74 Å². The van der Waals surface area contributed by atoms with E-state index in [1.54, 1.807) is 0 Å². The Kier molecular flexibility index (Phi) is 4.21. The summed E-state index contributed by atoms with van der Waals surface area (Å²) in [5.41, 5.74) is 1.13. The van der Waals surface area contributed by atoms with Crippen LogP contribution in [0.3, 0.4) is 0 Å². The van der Waals surface area contributed by atoms with E-state index in [0.29, 0.717) is 4.90 Å². The molecule has 1 aliphatic heterocycles. The van der Waals surface area contributed by atoms with Crippen molar-refractivity contribution in [1.29, 1.82) is 0 Å². The lowest BCUT2D eigenvalue weighted by molar-refractivity contribution is -0.172. The van der Waals surface area contributed by atoms with Gasteiger partial charge in [0.2, 0.25) is 11.2 Å². The average molecular weight is 335 g/mol. The number of carbonyl (C=O) groups excluding carboxylic acids is 2. The molecule has 0 saturated carbocycles. The van der Waals surface area contributed by atoms with E-state index >= 15 is 0 Å². The van der Waals surface area contributed by atoms with Gasteiger partial charge in [-0.1, -0.05) is 0 Å². The Morgan fingerprint density at radius 3 is 2.61 bits per heavy atom. The molecule has 2 rings (SSSR count). The zero-order valence-corrected chi connectivity index (χ0v) is 12.0. The Labute approximate surface area is 127 Å². The van der Waals surface area contributed by atoms with Crippen molar-refractivity contribution in [2.24, 2.45) is 0 Å². The van der Waals surface area contributed by atoms with E-state index in [4.69, 9.17) is 0 Å². The number of nitrogens with one attached hydrogen (secondary N) is 1. The summed E-state index contributed by atoms with van der Waals surface area (Å²) >= 11 is 0. The fourth-order valence-electron chi connectivity index (χ4n) is 1.92. The summed E-state index contributed by atoms with van der Waals surface area (Å²) in [4.78, 5) is 35.8. The predicted octanol–water partition coefficient (Wildman–Crippen LogP) is 0.901. The quantitative estimate of drug-likeness (QED) is 0.808. The second-order valence-electron chi connectivity index (χ2n) is 4.59. The molecule has 0 unspecified atom stereocenters. The van der Waals surface area contributed by atoms with Crippen LogP contribution in [0.25, 0.3) is 0 Å². The predicted molar refractivity (Wildman–Crippen MR) is 69.6 cm³/mol. The molecule has 0 aromatic carbocycles. The van der Waals surface area contributed by atoms with Crippen LogP contribution in [0.15, 0.2) is 17.1 Å². The van der Waals surface area contributed by atoms with Crippen LogP contribution in [0.4, 0.5) is 18.0 Å². The van der Waals surface area contributed by atoms with E-state index < -0.39 is 47.8 Å². The molecule has 11 heteroatoms. The van der Waals surface area contributed by atoms with Crippen LogP contribution < -0.4 is 15.6 Å². The largest absolute Gasteiger partial charge is 0.513 e. The maximum atomic E-state index is 12.8. The van der Waals surface area contributed by atoms with E-state index in [0.717, 1.165) is 31.0 Å². The number of alkyl halides is 3. The van der Waals surface area contributed by atoms with E-state index in [9.17, 15) is 27.6 Å². The molecule has 126 valence electrons. The summed E-state index contributed by atoms with van der Waals surface area (Å²) in [6.07, 6.45) is -4.78. The number of hydrogen-bond acceptors (Lipinski definition) is 6. The number of hydrogen-bond donors (Lipinski definition) is 1. The van der Waals surface area contributed by atoms with Crippen molar-refractivity contribution in [2.45, 2.75) is 19.1 Å². The molecule has 2 heterocycles. The lowest BCUT2D eigenvalue weighted by Crippen LogP contribution is -2.54. The van der Waals surface area contributed by atoms with E-state index in [1.807, 2.05) is 0 Å². The van der Waals surface area contributed by atoms with Crippen molar-refractivity contribution in [3.05, 3.63) is 28.2 Å². The minimum atomic E-state index is -4.65. The SMILES string of the molecule is COC(=O)Oc1c2n(ccc1=O)NCN([C@H](C)C(F)(F)F)C2=O. The van der Waals surface area contributed by atoms with Crippen molar-refractivity contribution in [3.63, 3.8) is 0 Å². The van der Waals surface area contributed by atoms with Crippen LogP contribution in [0.1, 0.15) is 17.4 Å². The summed E-state index contributed by atoms with van der Waals surface area (Å²) in [5, 5.41) is 0. The molecule has 0 aliphatic carbocycles. The third-order valence-corrected chi connectivity index (χ3v) is 3.22.